The van der Waals surface area contributed by atoms with Gasteiger partial charge >= 0.3 is 6.03 Å². The summed E-state index contributed by atoms with van der Waals surface area (Å²) in [7, 11) is 0. The molecule has 1 aliphatic heterocycles. The van der Waals surface area contributed by atoms with E-state index in [9.17, 15) is 4.79 Å². The van der Waals surface area contributed by atoms with Crippen LogP contribution in [-0.4, -0.2) is 100 Å². The minimum Gasteiger partial charge on any atom is -0.431 e. The van der Waals surface area contributed by atoms with Gasteiger partial charge in [-0.2, -0.15) is 0 Å². The van der Waals surface area contributed by atoms with Crippen LogP contribution in [0.1, 0.15) is 58.6 Å². The van der Waals surface area contributed by atoms with Crippen LogP contribution in [0.2, 0.25) is 0 Å². The molecule has 2 amide bonds. The minimum atomic E-state index is -0.00286. The molecule has 1 aromatic carbocycles. The Morgan fingerprint density at radius 3 is 2.28 bits per heavy atom. The second kappa shape index (κ2) is 22.3. The number of hydrogen-bond acceptors (Lipinski definition) is 9. The molecular formula is C33H52Cl2N6O2S3. The van der Waals surface area contributed by atoms with Gasteiger partial charge in [-0.1, -0.05) is 70.3 Å². The van der Waals surface area contributed by atoms with Gasteiger partial charge in [0.1, 0.15) is 10.5 Å². The normalized spacial score (nSPS) is 13.7. The van der Waals surface area contributed by atoms with Crippen LogP contribution in [0.4, 0.5) is 10.5 Å². The molecule has 3 heterocycles. The van der Waals surface area contributed by atoms with Gasteiger partial charge in [-0.25, -0.2) is 14.8 Å². The lowest BCUT2D eigenvalue weighted by Gasteiger charge is -2.35. The number of anilines is 1. The number of amides is 2. The zero-order valence-corrected chi connectivity index (χ0v) is 31.9. The Morgan fingerprint density at radius 2 is 1.59 bits per heavy atom. The number of benzene rings is 1. The number of carbonyl (C=O) groups excluding carboxylic acids is 1. The van der Waals surface area contributed by atoms with Gasteiger partial charge < -0.3 is 14.6 Å². The van der Waals surface area contributed by atoms with Crippen molar-refractivity contribution in [1.82, 2.24) is 24.7 Å². The fourth-order valence-electron chi connectivity index (χ4n) is 5.32. The van der Waals surface area contributed by atoms with E-state index in [0.717, 1.165) is 120 Å². The van der Waals surface area contributed by atoms with Crippen molar-refractivity contribution in [2.75, 3.05) is 74.9 Å². The maximum Gasteiger partial charge on any atom is 0.321 e. The van der Waals surface area contributed by atoms with Crippen LogP contribution in [0, 0.1) is 6.92 Å². The first-order valence-corrected chi connectivity index (χ1v) is 19.2. The molecule has 2 aromatic heterocycles. The number of rotatable bonds is 18. The average Bonchev–Trinajstić information content (AvgIpc) is 3.44. The third kappa shape index (κ3) is 12.9. The maximum atomic E-state index is 13.8. The number of fused-ring (bicyclic) bond motifs is 1. The Bertz CT molecular complexity index is 1250. The second-order valence-corrected chi connectivity index (χ2v) is 14.7. The number of aromatic nitrogens is 2. The Hall–Kier alpha value is -1.34. The molecule has 1 aliphatic rings. The van der Waals surface area contributed by atoms with Crippen molar-refractivity contribution in [2.24, 2.45) is 0 Å². The van der Waals surface area contributed by atoms with E-state index < -0.39 is 0 Å². The maximum absolute atomic E-state index is 13.8. The number of urea groups is 1. The Kier molecular flexibility index (Phi) is 19.8. The number of thioether (sulfide) groups is 3. The monoisotopic (exact) mass is 730 g/mol. The third-order valence-electron chi connectivity index (χ3n) is 7.77. The van der Waals surface area contributed by atoms with Gasteiger partial charge in [0.2, 0.25) is 0 Å². The quantitative estimate of drug-likeness (QED) is 0.102. The van der Waals surface area contributed by atoms with Crippen molar-refractivity contribution in [3.63, 3.8) is 0 Å². The Labute approximate surface area is 301 Å². The van der Waals surface area contributed by atoms with E-state index in [4.69, 9.17) is 9.40 Å². The van der Waals surface area contributed by atoms with Crippen LogP contribution in [0.3, 0.4) is 0 Å². The molecule has 1 N–H and O–H groups in total. The summed E-state index contributed by atoms with van der Waals surface area (Å²) < 4.78 is 5.86. The van der Waals surface area contributed by atoms with E-state index in [2.05, 4.69) is 46.9 Å². The summed E-state index contributed by atoms with van der Waals surface area (Å²) in [5, 5.41) is 4.98. The molecule has 258 valence electrons. The van der Waals surface area contributed by atoms with Crippen LogP contribution in [-0.2, 0) is 0 Å². The third-order valence-corrected chi connectivity index (χ3v) is 10.4. The molecular weight excluding hydrogens is 680 g/mol. The van der Waals surface area contributed by atoms with Crippen molar-refractivity contribution >= 4 is 82.9 Å². The van der Waals surface area contributed by atoms with Gasteiger partial charge in [0.25, 0.3) is 5.22 Å². The van der Waals surface area contributed by atoms with Crippen LogP contribution in [0.5, 0.6) is 0 Å². The van der Waals surface area contributed by atoms with Crippen LogP contribution in [0.15, 0.2) is 49.9 Å². The molecule has 0 aliphatic carbocycles. The number of nitrogens with one attached hydrogen (secondary N) is 1. The first-order chi connectivity index (χ1) is 21.5. The van der Waals surface area contributed by atoms with Gasteiger partial charge in [-0.05, 0) is 43.0 Å². The van der Waals surface area contributed by atoms with Crippen molar-refractivity contribution < 1.29 is 9.21 Å². The summed E-state index contributed by atoms with van der Waals surface area (Å²) in [6.07, 6.45) is 5.92. The molecule has 13 heteroatoms. The van der Waals surface area contributed by atoms with E-state index in [1.165, 1.54) is 19.3 Å². The molecule has 3 aromatic rings. The van der Waals surface area contributed by atoms with E-state index in [1.807, 2.05) is 36.1 Å². The van der Waals surface area contributed by atoms with E-state index in [1.54, 1.807) is 35.3 Å². The summed E-state index contributed by atoms with van der Waals surface area (Å²) in [6.45, 7) is 16.1. The van der Waals surface area contributed by atoms with E-state index >= 15 is 0 Å². The first-order valence-electron chi connectivity index (χ1n) is 16.3. The number of nitrogens with zero attached hydrogens (tertiary/aromatic N) is 5. The summed E-state index contributed by atoms with van der Waals surface area (Å²) >= 11 is 5.15. The number of carbonyl (C=O) groups is 1. The summed E-state index contributed by atoms with van der Waals surface area (Å²) in [5.74, 6) is 2.83. The molecule has 0 saturated carbocycles. The van der Waals surface area contributed by atoms with Gasteiger partial charge in [0, 0.05) is 68.7 Å². The summed E-state index contributed by atoms with van der Waals surface area (Å²) in [5.41, 5.74) is 3.64. The fraction of sp³-hybridized carbons (Fsp3) is 0.606. The minimum absolute atomic E-state index is 0. The number of aryl methyl sites for hydroxylation is 1. The molecule has 0 radical (unpaired) electrons. The van der Waals surface area contributed by atoms with Crippen LogP contribution >= 0.6 is 60.1 Å². The van der Waals surface area contributed by atoms with E-state index in [-0.39, 0.29) is 30.8 Å². The SMILES string of the molecule is CCCCCCCN(CCN1CCN(CCSc2nc3ccccc3o2)CC1)C(=O)Nc1c(SCC)cc(C)nc1SCC.Cl.Cl. The number of hydrogen-bond donors (Lipinski definition) is 1. The molecule has 1 saturated heterocycles. The molecule has 46 heavy (non-hydrogen) atoms. The molecule has 0 atom stereocenters. The Balaban J connectivity index is 0.00000368. The smallest absolute Gasteiger partial charge is 0.321 e. The van der Waals surface area contributed by atoms with Gasteiger partial charge in [-0.3, -0.25) is 9.80 Å². The lowest BCUT2D eigenvalue weighted by atomic mass is 10.1. The van der Waals surface area contributed by atoms with Gasteiger partial charge in [-0.15, -0.1) is 48.3 Å². The molecule has 1 fully saturated rings. The van der Waals surface area contributed by atoms with Crippen LogP contribution in [0.25, 0.3) is 11.1 Å². The lowest BCUT2D eigenvalue weighted by Crippen LogP contribution is -2.49. The average molecular weight is 732 g/mol. The van der Waals surface area contributed by atoms with Crippen LogP contribution < -0.4 is 5.32 Å². The zero-order valence-electron chi connectivity index (χ0n) is 27.8. The molecule has 0 bridgehead atoms. The summed E-state index contributed by atoms with van der Waals surface area (Å²) in [6, 6.07) is 10.0. The highest BCUT2D eigenvalue weighted by atomic mass is 35.5. The molecule has 4 rings (SSSR count). The standard InChI is InChI=1S/C33H50N6O2S3.2ClH/c1-5-8-9-10-13-16-39(32(40)36-30-29(42-6-2)25-26(4)34-31(30)43-7-3)22-21-37-17-19-38(20-18-37)23-24-44-33-35-27-14-11-12-15-28(27)41-33;;/h11-12,14-15,25H,5-10,13,16-24H2,1-4H3,(H,36,40);2*1H. The largest absolute Gasteiger partial charge is 0.431 e. The zero-order chi connectivity index (χ0) is 31.1. The number of piperazine rings is 1. The van der Waals surface area contributed by atoms with Crippen molar-refractivity contribution in [3.8, 4) is 0 Å². The second-order valence-electron chi connectivity index (χ2n) is 11.1. The highest BCUT2D eigenvalue weighted by Crippen LogP contribution is 2.35. The molecule has 0 unspecified atom stereocenters. The van der Waals surface area contributed by atoms with Gasteiger partial charge in [0.15, 0.2) is 5.58 Å². The number of oxazole rings is 1. The topological polar surface area (TPSA) is 77.7 Å². The van der Waals surface area contributed by atoms with Crippen molar-refractivity contribution in [1.29, 1.82) is 0 Å². The number of pyridine rings is 1. The molecule has 0 spiro atoms. The fourth-order valence-corrected chi connectivity index (χ4v) is 7.87. The predicted molar refractivity (Wildman–Crippen MR) is 203 cm³/mol. The van der Waals surface area contributed by atoms with E-state index in [0.29, 0.717) is 0 Å². The number of unbranched alkanes of at least 4 members (excludes halogenated alkanes) is 4. The lowest BCUT2D eigenvalue weighted by molar-refractivity contribution is 0.127. The van der Waals surface area contributed by atoms with Crippen molar-refractivity contribution in [3.05, 3.63) is 36.0 Å². The summed E-state index contributed by atoms with van der Waals surface area (Å²) in [4.78, 5) is 31.3. The first kappa shape index (κ1) is 40.8. The number of halogens is 2. The number of para-hydroxylation sites is 2. The highest BCUT2D eigenvalue weighted by Gasteiger charge is 2.22. The highest BCUT2D eigenvalue weighted by molar-refractivity contribution is 8.00. The Morgan fingerprint density at radius 1 is 0.891 bits per heavy atom. The van der Waals surface area contributed by atoms with Crippen molar-refractivity contribution in [2.45, 2.75) is 74.9 Å². The predicted octanol–water partition coefficient (Wildman–Crippen LogP) is 8.81. The van der Waals surface area contributed by atoms with Gasteiger partial charge in [0.05, 0.1) is 5.69 Å². The molecule has 8 nitrogen and oxygen atoms in total.